The third-order valence-corrected chi connectivity index (χ3v) is 5.18. The smallest absolute Gasteiger partial charge is 0.254 e. The average molecular weight is 386 g/mol. The van der Waals surface area contributed by atoms with Gasteiger partial charge in [0, 0.05) is 5.56 Å². The summed E-state index contributed by atoms with van der Waals surface area (Å²) in [5.41, 5.74) is 2.83. The number of carbonyl (C=O) groups is 1. The number of hydrogen-bond acceptors (Lipinski definition) is 2. The fraction of sp³-hybridized carbons (Fsp3) is 0.192. The molecule has 0 unspecified atom stereocenters. The van der Waals surface area contributed by atoms with E-state index in [0.29, 0.717) is 12.0 Å². The first-order valence-corrected chi connectivity index (χ1v) is 9.83. The molecule has 3 rings (SSSR count). The molecule has 0 aromatic heterocycles. The van der Waals surface area contributed by atoms with Gasteiger partial charge in [-0.1, -0.05) is 66.7 Å². The van der Waals surface area contributed by atoms with Crippen molar-refractivity contribution < 1.29 is 9.53 Å². The monoisotopic (exact) mass is 385 g/mol. The van der Waals surface area contributed by atoms with E-state index in [2.05, 4.69) is 37.8 Å². The number of benzene rings is 3. The van der Waals surface area contributed by atoms with E-state index in [1.165, 1.54) is 0 Å². The summed E-state index contributed by atoms with van der Waals surface area (Å²) in [4.78, 5) is 15.7. The summed E-state index contributed by atoms with van der Waals surface area (Å²) < 4.78 is 5.24. The molecule has 29 heavy (non-hydrogen) atoms. The normalized spacial score (nSPS) is 12.6. The molecule has 3 heteroatoms. The van der Waals surface area contributed by atoms with Crippen LogP contribution in [0.2, 0.25) is 0 Å². The maximum atomic E-state index is 13.7. The van der Waals surface area contributed by atoms with E-state index in [-0.39, 0.29) is 18.0 Å². The molecule has 0 fully saturated rings. The van der Waals surface area contributed by atoms with Crippen molar-refractivity contribution in [3.8, 4) is 5.75 Å². The molecule has 0 aliphatic rings. The molecule has 0 aliphatic heterocycles. The van der Waals surface area contributed by atoms with Crippen LogP contribution in [0.25, 0.3) is 0 Å². The standard InChI is InChI=1S/C26H27NO2/c1-4-11-25(22-14-9-6-10-15-22)27(20(2)21-12-7-5-8-13-21)26(28)23-16-18-24(29-3)19-17-23/h4-10,12-20,25H,1,11H2,2-3H3/t20-,25+/m0/s1. The first-order valence-electron chi connectivity index (χ1n) is 9.83. The second-order valence-electron chi connectivity index (χ2n) is 6.98. The highest BCUT2D eigenvalue weighted by Gasteiger charge is 2.30. The van der Waals surface area contributed by atoms with Crippen molar-refractivity contribution in [2.45, 2.75) is 25.4 Å². The van der Waals surface area contributed by atoms with Crippen LogP contribution in [0, 0.1) is 0 Å². The molecule has 0 saturated heterocycles. The Morgan fingerprint density at radius 2 is 1.48 bits per heavy atom. The van der Waals surface area contributed by atoms with Crippen molar-refractivity contribution in [2.24, 2.45) is 0 Å². The molecule has 0 saturated carbocycles. The lowest BCUT2D eigenvalue weighted by Gasteiger charge is -2.37. The molecule has 0 radical (unpaired) electrons. The lowest BCUT2D eigenvalue weighted by atomic mass is 9.96. The zero-order valence-corrected chi connectivity index (χ0v) is 17.0. The SMILES string of the molecule is C=CC[C@H](c1ccccc1)N(C(=O)c1ccc(OC)cc1)[C@@H](C)c1ccccc1. The molecule has 0 heterocycles. The second-order valence-corrected chi connectivity index (χ2v) is 6.98. The molecule has 0 N–H and O–H groups in total. The van der Waals surface area contributed by atoms with Crippen molar-refractivity contribution in [3.63, 3.8) is 0 Å². The van der Waals surface area contributed by atoms with Gasteiger partial charge in [0.2, 0.25) is 0 Å². The van der Waals surface area contributed by atoms with Crippen molar-refractivity contribution in [3.05, 3.63) is 114 Å². The van der Waals surface area contributed by atoms with E-state index in [9.17, 15) is 4.79 Å². The Morgan fingerprint density at radius 3 is 2.00 bits per heavy atom. The number of carbonyl (C=O) groups excluding carboxylic acids is 1. The average Bonchev–Trinajstić information content (AvgIpc) is 2.79. The molecular weight excluding hydrogens is 358 g/mol. The molecule has 148 valence electrons. The van der Waals surface area contributed by atoms with Gasteiger partial charge in [-0.3, -0.25) is 4.79 Å². The number of ether oxygens (including phenoxy) is 1. The Morgan fingerprint density at radius 1 is 0.931 bits per heavy atom. The molecule has 1 amide bonds. The van der Waals surface area contributed by atoms with E-state index in [0.717, 1.165) is 16.9 Å². The maximum Gasteiger partial charge on any atom is 0.254 e. The van der Waals surface area contributed by atoms with Gasteiger partial charge < -0.3 is 9.64 Å². The van der Waals surface area contributed by atoms with Gasteiger partial charge in [-0.15, -0.1) is 6.58 Å². The first kappa shape index (κ1) is 20.4. The summed E-state index contributed by atoms with van der Waals surface area (Å²) >= 11 is 0. The highest BCUT2D eigenvalue weighted by Crippen LogP contribution is 2.35. The van der Waals surface area contributed by atoms with E-state index >= 15 is 0 Å². The van der Waals surface area contributed by atoms with E-state index in [4.69, 9.17) is 4.74 Å². The highest BCUT2D eigenvalue weighted by atomic mass is 16.5. The van der Waals surface area contributed by atoms with Crippen molar-refractivity contribution in [1.29, 1.82) is 0 Å². The fourth-order valence-electron chi connectivity index (χ4n) is 3.61. The molecular formula is C26H27NO2. The number of hydrogen-bond donors (Lipinski definition) is 0. The third-order valence-electron chi connectivity index (χ3n) is 5.18. The van der Waals surface area contributed by atoms with Gasteiger partial charge in [-0.05, 0) is 48.7 Å². The topological polar surface area (TPSA) is 29.5 Å². The van der Waals surface area contributed by atoms with Crippen LogP contribution in [0.1, 0.15) is 46.9 Å². The minimum Gasteiger partial charge on any atom is -0.497 e. The third kappa shape index (κ3) is 4.75. The van der Waals surface area contributed by atoms with Crippen molar-refractivity contribution >= 4 is 5.91 Å². The van der Waals surface area contributed by atoms with Crippen LogP contribution < -0.4 is 4.74 Å². The van der Waals surface area contributed by atoms with Crippen LogP contribution in [-0.4, -0.2) is 17.9 Å². The van der Waals surface area contributed by atoms with Gasteiger partial charge in [0.15, 0.2) is 0 Å². The van der Waals surface area contributed by atoms with E-state index < -0.39 is 0 Å². The van der Waals surface area contributed by atoms with Gasteiger partial charge in [-0.25, -0.2) is 0 Å². The molecule has 3 aromatic carbocycles. The maximum absolute atomic E-state index is 13.7. The Bertz CT molecular complexity index is 920. The van der Waals surface area contributed by atoms with Crippen LogP contribution >= 0.6 is 0 Å². The van der Waals surface area contributed by atoms with Crippen molar-refractivity contribution in [1.82, 2.24) is 4.90 Å². The molecule has 0 bridgehead atoms. The van der Waals surface area contributed by atoms with Gasteiger partial charge in [0.1, 0.15) is 5.75 Å². The zero-order valence-electron chi connectivity index (χ0n) is 17.0. The lowest BCUT2D eigenvalue weighted by Crippen LogP contribution is -2.37. The Labute approximate surface area is 173 Å². The molecule has 0 spiro atoms. The predicted molar refractivity (Wildman–Crippen MR) is 118 cm³/mol. The van der Waals surface area contributed by atoms with Crippen LogP contribution in [0.4, 0.5) is 0 Å². The van der Waals surface area contributed by atoms with Gasteiger partial charge >= 0.3 is 0 Å². The van der Waals surface area contributed by atoms with Crippen molar-refractivity contribution in [2.75, 3.05) is 7.11 Å². The highest BCUT2D eigenvalue weighted by molar-refractivity contribution is 5.95. The predicted octanol–water partition coefficient (Wildman–Crippen LogP) is 6.22. The van der Waals surface area contributed by atoms with Crippen LogP contribution in [-0.2, 0) is 0 Å². The largest absolute Gasteiger partial charge is 0.497 e. The molecule has 3 nitrogen and oxygen atoms in total. The van der Waals surface area contributed by atoms with Gasteiger partial charge in [0.25, 0.3) is 5.91 Å². The first-order chi connectivity index (χ1) is 14.2. The van der Waals surface area contributed by atoms with E-state index in [1.807, 2.05) is 71.6 Å². The fourth-order valence-corrected chi connectivity index (χ4v) is 3.61. The number of nitrogens with zero attached hydrogens (tertiary/aromatic N) is 1. The van der Waals surface area contributed by atoms with Crippen LogP contribution in [0.15, 0.2) is 97.6 Å². The minimum absolute atomic E-state index is 0.0142. The number of methoxy groups -OCH3 is 1. The minimum atomic E-state index is -0.112. The van der Waals surface area contributed by atoms with Gasteiger partial charge in [-0.2, -0.15) is 0 Å². The molecule has 2 atom stereocenters. The molecule has 3 aromatic rings. The Hall–Kier alpha value is -3.33. The quantitative estimate of drug-likeness (QED) is 0.431. The van der Waals surface area contributed by atoms with Crippen LogP contribution in [0.5, 0.6) is 5.75 Å². The Kier molecular flexibility index (Phi) is 6.85. The van der Waals surface area contributed by atoms with E-state index in [1.54, 1.807) is 7.11 Å². The number of amides is 1. The summed E-state index contributed by atoms with van der Waals surface area (Å²) in [6.07, 6.45) is 2.55. The summed E-state index contributed by atoms with van der Waals surface area (Å²) in [7, 11) is 1.62. The summed E-state index contributed by atoms with van der Waals surface area (Å²) in [6, 6.07) is 27.4. The lowest BCUT2D eigenvalue weighted by molar-refractivity contribution is 0.0586. The summed E-state index contributed by atoms with van der Waals surface area (Å²) in [6.45, 7) is 6.02. The zero-order chi connectivity index (χ0) is 20.6. The van der Waals surface area contributed by atoms with Crippen LogP contribution in [0.3, 0.4) is 0 Å². The van der Waals surface area contributed by atoms with Gasteiger partial charge in [0.05, 0.1) is 19.2 Å². The second kappa shape index (κ2) is 9.74. The molecule has 0 aliphatic carbocycles. The summed E-state index contributed by atoms with van der Waals surface area (Å²) in [5.74, 6) is 0.717. The summed E-state index contributed by atoms with van der Waals surface area (Å²) in [5, 5.41) is 0. The number of rotatable bonds is 8. The Balaban J connectivity index is 2.06.